The highest BCUT2D eigenvalue weighted by Gasteiger charge is 2.27. The summed E-state index contributed by atoms with van der Waals surface area (Å²) in [6, 6.07) is 15.6. The number of thiophene rings is 1. The summed E-state index contributed by atoms with van der Waals surface area (Å²) in [6.07, 6.45) is 1.84. The number of aromatic nitrogens is 1. The number of carbonyl (C=O) groups excluding carboxylic acids is 1. The number of morpholine rings is 1. The van der Waals surface area contributed by atoms with Crippen LogP contribution in [-0.4, -0.2) is 35.1 Å². The van der Waals surface area contributed by atoms with E-state index in [1.807, 2.05) is 58.1 Å². The van der Waals surface area contributed by atoms with Gasteiger partial charge >= 0.3 is 0 Å². The van der Waals surface area contributed by atoms with Crippen LogP contribution in [0.1, 0.15) is 27.0 Å². The van der Waals surface area contributed by atoms with Crippen LogP contribution in [-0.2, 0) is 11.3 Å². The molecule has 0 N–H and O–H groups in total. The van der Waals surface area contributed by atoms with Crippen LogP contribution >= 0.6 is 22.9 Å². The summed E-state index contributed by atoms with van der Waals surface area (Å²) in [4.78, 5) is 16.2. The van der Waals surface area contributed by atoms with Crippen molar-refractivity contribution < 1.29 is 9.53 Å². The molecule has 1 aliphatic rings. The lowest BCUT2D eigenvalue weighted by molar-refractivity contribution is -0.0231. The Labute approximate surface area is 161 Å². The lowest BCUT2D eigenvalue weighted by Gasteiger charge is -2.33. The summed E-state index contributed by atoms with van der Waals surface area (Å²) in [5, 5.41) is 2.75. The van der Waals surface area contributed by atoms with Gasteiger partial charge < -0.3 is 14.2 Å². The summed E-state index contributed by atoms with van der Waals surface area (Å²) in [6.45, 7) is 2.40. The molecular formula is C20H19ClN2O2S. The molecule has 0 saturated carbocycles. The molecule has 0 bridgehead atoms. The molecule has 3 aromatic rings. The molecule has 1 aromatic carbocycles. The van der Waals surface area contributed by atoms with Crippen molar-refractivity contribution in [3.8, 4) is 0 Å². The Bertz CT molecular complexity index is 874. The Morgan fingerprint density at radius 3 is 2.81 bits per heavy atom. The molecule has 134 valence electrons. The summed E-state index contributed by atoms with van der Waals surface area (Å²) < 4.78 is 7.89. The second-order valence-electron chi connectivity index (χ2n) is 6.26. The van der Waals surface area contributed by atoms with Gasteiger partial charge in [-0.1, -0.05) is 29.8 Å². The molecule has 1 fully saturated rings. The van der Waals surface area contributed by atoms with Crippen molar-refractivity contribution in [2.45, 2.75) is 12.6 Å². The number of benzene rings is 1. The summed E-state index contributed by atoms with van der Waals surface area (Å²) in [5.41, 5.74) is 1.76. The quantitative estimate of drug-likeness (QED) is 0.663. The first-order valence-electron chi connectivity index (χ1n) is 8.54. The molecule has 1 unspecified atom stereocenters. The van der Waals surface area contributed by atoms with Gasteiger partial charge in [0.05, 0.1) is 19.7 Å². The van der Waals surface area contributed by atoms with Gasteiger partial charge in [0.1, 0.15) is 11.8 Å². The van der Waals surface area contributed by atoms with Crippen molar-refractivity contribution in [2.75, 3.05) is 19.7 Å². The van der Waals surface area contributed by atoms with E-state index in [1.54, 1.807) is 11.3 Å². The van der Waals surface area contributed by atoms with Crippen LogP contribution in [0.4, 0.5) is 0 Å². The van der Waals surface area contributed by atoms with Gasteiger partial charge in [-0.05, 0) is 41.3 Å². The molecule has 0 aliphatic carbocycles. The Balaban J connectivity index is 1.49. The third kappa shape index (κ3) is 3.70. The second-order valence-corrected chi connectivity index (χ2v) is 7.73. The topological polar surface area (TPSA) is 34.5 Å². The molecule has 1 aliphatic heterocycles. The SMILES string of the molecule is O=C(c1cccn1Cc1cccs1)N1CCOC(c2ccc(Cl)cc2)C1. The maximum absolute atomic E-state index is 13.1. The highest BCUT2D eigenvalue weighted by atomic mass is 35.5. The third-order valence-corrected chi connectivity index (χ3v) is 5.66. The summed E-state index contributed by atoms with van der Waals surface area (Å²) in [5.74, 6) is 0.0498. The number of rotatable bonds is 4. The average molecular weight is 387 g/mol. The first kappa shape index (κ1) is 17.3. The van der Waals surface area contributed by atoms with Crippen molar-refractivity contribution in [3.63, 3.8) is 0 Å². The van der Waals surface area contributed by atoms with Gasteiger partial charge in [-0.2, -0.15) is 0 Å². The molecule has 26 heavy (non-hydrogen) atoms. The van der Waals surface area contributed by atoms with E-state index < -0.39 is 0 Å². The lowest BCUT2D eigenvalue weighted by atomic mass is 10.1. The molecule has 6 heteroatoms. The van der Waals surface area contributed by atoms with E-state index in [0.29, 0.717) is 24.7 Å². The fourth-order valence-electron chi connectivity index (χ4n) is 3.19. The molecule has 2 aromatic heterocycles. The standard InChI is InChI=1S/C20H19ClN2O2S/c21-16-7-5-15(6-8-16)19-14-23(10-11-25-19)20(24)18-4-1-9-22(18)13-17-3-2-12-26-17/h1-9,12,19H,10-11,13-14H2. The predicted molar refractivity (Wildman–Crippen MR) is 104 cm³/mol. The van der Waals surface area contributed by atoms with Gasteiger partial charge in [0.15, 0.2) is 0 Å². The minimum absolute atomic E-state index is 0.0498. The molecule has 1 saturated heterocycles. The van der Waals surface area contributed by atoms with Gasteiger partial charge in [0, 0.05) is 22.6 Å². The molecule has 1 atom stereocenters. The van der Waals surface area contributed by atoms with E-state index in [1.165, 1.54) is 4.88 Å². The summed E-state index contributed by atoms with van der Waals surface area (Å²) >= 11 is 7.67. The van der Waals surface area contributed by atoms with Gasteiger partial charge in [-0.25, -0.2) is 0 Å². The molecule has 3 heterocycles. The first-order valence-corrected chi connectivity index (χ1v) is 9.80. The highest BCUT2D eigenvalue weighted by molar-refractivity contribution is 7.09. The minimum atomic E-state index is -0.120. The Kier molecular flexibility index (Phi) is 5.11. The number of hydrogen-bond donors (Lipinski definition) is 0. The van der Waals surface area contributed by atoms with Crippen LogP contribution < -0.4 is 0 Å². The predicted octanol–water partition coefficient (Wildman–Crippen LogP) is 4.47. The Morgan fingerprint density at radius 2 is 2.04 bits per heavy atom. The van der Waals surface area contributed by atoms with Crippen molar-refractivity contribution in [1.82, 2.24) is 9.47 Å². The maximum atomic E-state index is 13.1. The monoisotopic (exact) mass is 386 g/mol. The Morgan fingerprint density at radius 1 is 1.19 bits per heavy atom. The molecule has 4 rings (SSSR count). The first-order chi connectivity index (χ1) is 12.7. The molecule has 4 nitrogen and oxygen atoms in total. The number of amides is 1. The van der Waals surface area contributed by atoms with Gasteiger partial charge in [0.2, 0.25) is 0 Å². The van der Waals surface area contributed by atoms with Gasteiger partial charge in [-0.15, -0.1) is 11.3 Å². The maximum Gasteiger partial charge on any atom is 0.270 e. The van der Waals surface area contributed by atoms with Crippen LogP contribution in [0, 0.1) is 0 Å². The summed E-state index contributed by atoms with van der Waals surface area (Å²) in [7, 11) is 0. The van der Waals surface area contributed by atoms with E-state index in [-0.39, 0.29) is 12.0 Å². The van der Waals surface area contributed by atoms with Crippen molar-refractivity contribution in [2.24, 2.45) is 0 Å². The lowest BCUT2D eigenvalue weighted by Crippen LogP contribution is -2.42. The molecule has 0 spiro atoms. The number of halogens is 1. The van der Waals surface area contributed by atoms with E-state index in [9.17, 15) is 4.79 Å². The van der Waals surface area contributed by atoms with E-state index >= 15 is 0 Å². The fourth-order valence-corrected chi connectivity index (χ4v) is 4.02. The number of hydrogen-bond acceptors (Lipinski definition) is 3. The van der Waals surface area contributed by atoms with E-state index in [0.717, 1.165) is 17.8 Å². The fraction of sp³-hybridized carbons (Fsp3) is 0.250. The van der Waals surface area contributed by atoms with Crippen molar-refractivity contribution >= 4 is 28.8 Å². The van der Waals surface area contributed by atoms with Crippen LogP contribution in [0.5, 0.6) is 0 Å². The van der Waals surface area contributed by atoms with E-state index in [2.05, 4.69) is 11.4 Å². The number of nitrogens with zero attached hydrogens (tertiary/aromatic N) is 2. The zero-order valence-corrected chi connectivity index (χ0v) is 15.7. The highest BCUT2D eigenvalue weighted by Crippen LogP contribution is 2.25. The van der Waals surface area contributed by atoms with Crippen molar-refractivity contribution in [1.29, 1.82) is 0 Å². The second kappa shape index (κ2) is 7.66. The number of carbonyl (C=O) groups is 1. The minimum Gasteiger partial charge on any atom is -0.370 e. The normalized spacial score (nSPS) is 17.4. The van der Waals surface area contributed by atoms with Crippen LogP contribution in [0.15, 0.2) is 60.1 Å². The van der Waals surface area contributed by atoms with Gasteiger partial charge in [0.25, 0.3) is 5.91 Å². The van der Waals surface area contributed by atoms with E-state index in [4.69, 9.17) is 16.3 Å². The van der Waals surface area contributed by atoms with Crippen LogP contribution in [0.25, 0.3) is 0 Å². The largest absolute Gasteiger partial charge is 0.370 e. The number of ether oxygens (including phenoxy) is 1. The molecule has 0 radical (unpaired) electrons. The average Bonchev–Trinajstić information content (AvgIpc) is 3.34. The Hall–Kier alpha value is -2.08. The third-order valence-electron chi connectivity index (χ3n) is 4.55. The van der Waals surface area contributed by atoms with Crippen LogP contribution in [0.3, 0.4) is 0 Å². The molecule has 1 amide bonds. The van der Waals surface area contributed by atoms with Gasteiger partial charge in [-0.3, -0.25) is 4.79 Å². The zero-order valence-electron chi connectivity index (χ0n) is 14.2. The van der Waals surface area contributed by atoms with Crippen molar-refractivity contribution in [3.05, 3.63) is 81.3 Å². The molecular weight excluding hydrogens is 368 g/mol. The zero-order chi connectivity index (χ0) is 17.9. The smallest absolute Gasteiger partial charge is 0.270 e. The van der Waals surface area contributed by atoms with Crippen LogP contribution in [0.2, 0.25) is 5.02 Å².